The zero-order valence-corrected chi connectivity index (χ0v) is 15.3. The zero-order valence-electron chi connectivity index (χ0n) is 14.5. The second kappa shape index (κ2) is 7.61. The van der Waals surface area contributed by atoms with Crippen LogP contribution in [0.2, 0.25) is 0 Å². The van der Waals surface area contributed by atoms with E-state index in [1.165, 1.54) is 0 Å². The monoisotopic (exact) mass is 348 g/mol. The summed E-state index contributed by atoms with van der Waals surface area (Å²) >= 11 is 0. The molecule has 6 nitrogen and oxygen atoms in total. The van der Waals surface area contributed by atoms with Crippen LogP contribution in [0.15, 0.2) is 36.5 Å². The Morgan fingerprint density at radius 1 is 1.29 bits per heavy atom. The Hall–Kier alpha value is -2.15. The van der Waals surface area contributed by atoms with Gasteiger partial charge in [0.05, 0.1) is 5.69 Å². The number of anilines is 1. The summed E-state index contributed by atoms with van der Waals surface area (Å²) in [5.41, 5.74) is 2.57. The first-order chi connectivity index (χ1) is 11.3. The topological polar surface area (TPSA) is 76.0 Å². The Morgan fingerprint density at radius 3 is 2.67 bits per heavy atom. The molecular formula is C17H24N4O2S. The zero-order chi connectivity index (χ0) is 17.7. The molecule has 0 spiro atoms. The highest BCUT2D eigenvalue weighted by atomic mass is 32.2. The second-order valence-corrected chi connectivity index (χ2v) is 8.80. The summed E-state index contributed by atoms with van der Waals surface area (Å²) in [5.74, 6) is 0.434. The van der Waals surface area contributed by atoms with Gasteiger partial charge in [-0.25, -0.2) is 9.48 Å². The molecule has 0 radical (unpaired) electrons. The molecule has 2 rings (SSSR count). The molecule has 24 heavy (non-hydrogen) atoms. The molecule has 1 aromatic heterocycles. The van der Waals surface area contributed by atoms with E-state index in [0.717, 1.165) is 11.4 Å². The molecule has 0 aliphatic carbocycles. The fourth-order valence-electron chi connectivity index (χ4n) is 2.09. The van der Waals surface area contributed by atoms with E-state index in [1.807, 2.05) is 58.0 Å². The standard InChI is InChI=1S/C17H24N4O2S/c1-13-8-9-19-21(13)15-7-5-6-14(12-15)20-16(22)18-10-11-24(23)17(2,3)4/h5-9,12H,10-11H2,1-4H3,(H2,18,20,22)/t24-/m1/s1. The lowest BCUT2D eigenvalue weighted by molar-refractivity contribution is 0.252. The third-order valence-corrected chi connectivity index (χ3v) is 5.38. The van der Waals surface area contributed by atoms with Gasteiger partial charge in [-0.05, 0) is 52.0 Å². The lowest BCUT2D eigenvalue weighted by Gasteiger charge is -2.17. The van der Waals surface area contributed by atoms with Gasteiger partial charge in [-0.3, -0.25) is 4.21 Å². The predicted octanol–water partition coefficient (Wildman–Crippen LogP) is 2.85. The lowest BCUT2D eigenvalue weighted by Crippen LogP contribution is -2.35. The molecule has 0 aliphatic rings. The van der Waals surface area contributed by atoms with Crippen molar-refractivity contribution in [2.45, 2.75) is 32.4 Å². The van der Waals surface area contributed by atoms with Crippen LogP contribution in [-0.2, 0) is 10.8 Å². The predicted molar refractivity (Wildman–Crippen MR) is 98.1 cm³/mol. The Bertz CT molecular complexity index is 734. The SMILES string of the molecule is Cc1ccnn1-c1cccc(NC(=O)NCC[S@@](=O)C(C)(C)C)c1. The summed E-state index contributed by atoms with van der Waals surface area (Å²) in [6, 6.07) is 9.07. The Balaban J connectivity index is 1.91. The van der Waals surface area contributed by atoms with Crippen molar-refractivity contribution >= 4 is 22.5 Å². The fraction of sp³-hybridized carbons (Fsp3) is 0.412. The Kier molecular flexibility index (Phi) is 5.77. The van der Waals surface area contributed by atoms with Crippen LogP contribution in [0.3, 0.4) is 0 Å². The largest absolute Gasteiger partial charge is 0.337 e. The molecule has 1 atom stereocenters. The van der Waals surface area contributed by atoms with Crippen molar-refractivity contribution in [1.82, 2.24) is 15.1 Å². The van der Waals surface area contributed by atoms with Crippen LogP contribution in [0.1, 0.15) is 26.5 Å². The van der Waals surface area contributed by atoms with Gasteiger partial charge in [-0.1, -0.05) is 6.07 Å². The molecule has 0 aliphatic heterocycles. The van der Waals surface area contributed by atoms with Crippen LogP contribution in [0, 0.1) is 6.92 Å². The molecule has 0 saturated heterocycles. The van der Waals surface area contributed by atoms with Gasteiger partial charge in [-0.2, -0.15) is 5.10 Å². The highest BCUT2D eigenvalue weighted by Crippen LogP contribution is 2.15. The van der Waals surface area contributed by atoms with E-state index in [1.54, 1.807) is 10.9 Å². The summed E-state index contributed by atoms with van der Waals surface area (Å²) in [5, 5.41) is 9.77. The van der Waals surface area contributed by atoms with E-state index in [9.17, 15) is 9.00 Å². The maximum absolute atomic E-state index is 12.0. The Labute approximate surface area is 145 Å². The van der Waals surface area contributed by atoms with Crippen LogP contribution in [0.25, 0.3) is 5.69 Å². The molecule has 2 N–H and O–H groups in total. The fourth-order valence-corrected chi connectivity index (χ4v) is 2.99. The number of urea groups is 1. The Morgan fingerprint density at radius 2 is 2.04 bits per heavy atom. The number of nitrogens with zero attached hydrogens (tertiary/aromatic N) is 2. The molecule has 0 bridgehead atoms. The van der Waals surface area contributed by atoms with Crippen LogP contribution < -0.4 is 10.6 Å². The average Bonchev–Trinajstić information content (AvgIpc) is 2.92. The molecule has 1 aromatic carbocycles. The van der Waals surface area contributed by atoms with Gasteiger partial charge in [-0.15, -0.1) is 0 Å². The number of amides is 2. The number of aryl methyl sites for hydroxylation is 1. The normalized spacial score (nSPS) is 12.7. The van der Waals surface area contributed by atoms with Gasteiger partial charge in [0.25, 0.3) is 0 Å². The van der Waals surface area contributed by atoms with E-state index in [4.69, 9.17) is 0 Å². The summed E-state index contributed by atoms with van der Waals surface area (Å²) in [6.07, 6.45) is 1.73. The maximum Gasteiger partial charge on any atom is 0.319 e. The highest BCUT2D eigenvalue weighted by Gasteiger charge is 2.18. The van der Waals surface area contributed by atoms with Gasteiger partial charge in [0.2, 0.25) is 0 Å². The first-order valence-electron chi connectivity index (χ1n) is 7.82. The number of benzene rings is 1. The molecule has 2 aromatic rings. The highest BCUT2D eigenvalue weighted by molar-refractivity contribution is 7.86. The smallest absolute Gasteiger partial charge is 0.319 e. The molecule has 0 saturated carbocycles. The van der Waals surface area contributed by atoms with Crippen LogP contribution in [0.5, 0.6) is 0 Å². The molecule has 0 fully saturated rings. The first kappa shape index (κ1) is 18.2. The number of nitrogens with one attached hydrogen (secondary N) is 2. The van der Waals surface area contributed by atoms with Crippen molar-refractivity contribution in [3.8, 4) is 5.69 Å². The first-order valence-corrected chi connectivity index (χ1v) is 9.13. The quantitative estimate of drug-likeness (QED) is 0.872. The average molecular weight is 348 g/mol. The van der Waals surface area contributed by atoms with E-state index < -0.39 is 10.8 Å². The molecule has 7 heteroatoms. The van der Waals surface area contributed by atoms with Crippen LogP contribution in [0.4, 0.5) is 10.5 Å². The summed E-state index contributed by atoms with van der Waals surface area (Å²) < 4.78 is 13.5. The van der Waals surface area contributed by atoms with Gasteiger partial charge in [0.1, 0.15) is 0 Å². The number of aromatic nitrogens is 2. The minimum absolute atomic E-state index is 0.270. The third kappa shape index (κ3) is 4.92. The number of carbonyl (C=O) groups excluding carboxylic acids is 1. The van der Waals surface area contributed by atoms with Gasteiger partial charge >= 0.3 is 6.03 Å². The lowest BCUT2D eigenvalue weighted by atomic mass is 10.2. The van der Waals surface area contributed by atoms with Crippen molar-refractivity contribution in [2.24, 2.45) is 0 Å². The van der Waals surface area contributed by atoms with Crippen LogP contribution in [-0.4, -0.2) is 37.1 Å². The van der Waals surface area contributed by atoms with Gasteiger partial charge in [0.15, 0.2) is 0 Å². The molecule has 1 heterocycles. The van der Waals surface area contributed by atoms with Gasteiger partial charge in [0, 0.05) is 45.4 Å². The van der Waals surface area contributed by atoms with Crippen molar-refractivity contribution in [3.63, 3.8) is 0 Å². The number of carbonyl (C=O) groups is 1. The van der Waals surface area contributed by atoms with E-state index in [2.05, 4.69) is 15.7 Å². The number of rotatable bonds is 5. The van der Waals surface area contributed by atoms with E-state index >= 15 is 0 Å². The summed E-state index contributed by atoms with van der Waals surface area (Å²) in [6.45, 7) is 8.10. The number of hydrogen-bond donors (Lipinski definition) is 2. The van der Waals surface area contributed by atoms with Gasteiger partial charge < -0.3 is 10.6 Å². The van der Waals surface area contributed by atoms with Crippen molar-refractivity contribution in [1.29, 1.82) is 0 Å². The van der Waals surface area contributed by atoms with Crippen molar-refractivity contribution in [2.75, 3.05) is 17.6 Å². The third-order valence-electron chi connectivity index (χ3n) is 3.44. The number of hydrogen-bond acceptors (Lipinski definition) is 3. The molecular weight excluding hydrogens is 324 g/mol. The summed E-state index contributed by atoms with van der Waals surface area (Å²) in [4.78, 5) is 12.0. The minimum atomic E-state index is -0.981. The maximum atomic E-state index is 12.0. The second-order valence-electron chi connectivity index (χ2n) is 6.48. The van der Waals surface area contributed by atoms with E-state index in [0.29, 0.717) is 18.0 Å². The van der Waals surface area contributed by atoms with Crippen LogP contribution >= 0.6 is 0 Å². The minimum Gasteiger partial charge on any atom is -0.337 e. The molecule has 2 amide bonds. The van der Waals surface area contributed by atoms with Crippen molar-refractivity contribution in [3.05, 3.63) is 42.2 Å². The molecule has 0 unspecified atom stereocenters. The van der Waals surface area contributed by atoms with Crippen molar-refractivity contribution < 1.29 is 9.00 Å². The van der Waals surface area contributed by atoms with E-state index in [-0.39, 0.29) is 10.8 Å². The molecule has 130 valence electrons. The summed E-state index contributed by atoms with van der Waals surface area (Å²) in [7, 11) is -0.981.